The summed E-state index contributed by atoms with van der Waals surface area (Å²) in [4.78, 5) is 11.5. The molecule has 0 fully saturated rings. The van der Waals surface area contributed by atoms with E-state index in [1.54, 1.807) is 6.07 Å². The van der Waals surface area contributed by atoms with Gasteiger partial charge in [-0.25, -0.2) is 8.78 Å². The van der Waals surface area contributed by atoms with Gasteiger partial charge in [0.15, 0.2) is 5.76 Å². The molecule has 0 bridgehead atoms. The Morgan fingerprint density at radius 2 is 1.86 bits per heavy atom. The van der Waals surface area contributed by atoms with Crippen molar-refractivity contribution in [3.05, 3.63) is 36.3 Å². The van der Waals surface area contributed by atoms with Crippen LogP contribution in [0.5, 0.6) is 0 Å². The molecule has 0 spiro atoms. The lowest BCUT2D eigenvalue weighted by Crippen LogP contribution is -2.12. The van der Waals surface area contributed by atoms with Crippen molar-refractivity contribution in [1.29, 1.82) is 0 Å². The summed E-state index contributed by atoms with van der Waals surface area (Å²) >= 11 is 0. The lowest BCUT2D eigenvalue weighted by molar-refractivity contribution is 0.0422. The number of carbonyl (C=O) groups excluding carboxylic acids is 1. The number of ketones is 1. The van der Waals surface area contributed by atoms with E-state index in [0.29, 0.717) is 12.5 Å². The van der Waals surface area contributed by atoms with E-state index in [0.717, 1.165) is 25.3 Å². The third-order valence-corrected chi connectivity index (χ3v) is 3.36. The van der Waals surface area contributed by atoms with Gasteiger partial charge >= 0.3 is 0 Å². The Labute approximate surface area is 125 Å². The highest BCUT2D eigenvalue weighted by atomic mass is 19.3. The van der Waals surface area contributed by atoms with Crippen molar-refractivity contribution in [2.75, 3.05) is 0 Å². The van der Waals surface area contributed by atoms with Gasteiger partial charge < -0.3 is 4.42 Å². The summed E-state index contributed by atoms with van der Waals surface area (Å²) in [6.45, 7) is 2.15. The monoisotopic (exact) mass is 298 g/mol. The van der Waals surface area contributed by atoms with Gasteiger partial charge in [0.2, 0.25) is 5.78 Å². The predicted octanol–water partition coefficient (Wildman–Crippen LogP) is 5.79. The molecule has 1 heterocycles. The molecule has 0 atom stereocenters. The number of unbranched alkanes of at least 4 members (excludes halogenated alkanes) is 6. The quantitative estimate of drug-likeness (QED) is 0.294. The number of hydrogen-bond acceptors (Lipinski definition) is 2. The van der Waals surface area contributed by atoms with E-state index < -0.39 is 11.7 Å². The molecule has 0 aliphatic carbocycles. The van der Waals surface area contributed by atoms with E-state index in [1.807, 2.05) is 0 Å². The second-order valence-corrected chi connectivity index (χ2v) is 5.31. The van der Waals surface area contributed by atoms with E-state index in [9.17, 15) is 13.6 Å². The van der Waals surface area contributed by atoms with E-state index in [-0.39, 0.29) is 12.2 Å². The molecule has 1 aromatic rings. The molecule has 0 unspecified atom stereocenters. The highest BCUT2D eigenvalue weighted by Crippen LogP contribution is 2.24. The van der Waals surface area contributed by atoms with Crippen molar-refractivity contribution < 1.29 is 18.0 Å². The van der Waals surface area contributed by atoms with Crippen LogP contribution in [0.2, 0.25) is 0 Å². The zero-order valence-corrected chi connectivity index (χ0v) is 12.6. The Hall–Kier alpha value is -1.45. The van der Waals surface area contributed by atoms with Crippen LogP contribution in [-0.2, 0) is 0 Å². The summed E-state index contributed by atoms with van der Waals surface area (Å²) in [6.07, 6.45) is 9.75. The maximum absolute atomic E-state index is 13.6. The summed E-state index contributed by atoms with van der Waals surface area (Å²) in [5, 5.41) is 0. The summed E-state index contributed by atoms with van der Waals surface area (Å²) in [6, 6.07) is 3.01. The van der Waals surface area contributed by atoms with Crippen LogP contribution < -0.4 is 0 Å². The summed E-state index contributed by atoms with van der Waals surface area (Å²) < 4.78 is 32.0. The van der Waals surface area contributed by atoms with Gasteiger partial charge in [-0.1, -0.05) is 45.4 Å². The molecule has 0 aliphatic heterocycles. The minimum atomic E-state index is -2.92. The van der Waals surface area contributed by atoms with E-state index in [4.69, 9.17) is 4.42 Å². The first-order chi connectivity index (χ1) is 10.0. The first-order valence-corrected chi connectivity index (χ1v) is 7.70. The van der Waals surface area contributed by atoms with Gasteiger partial charge in [0.25, 0.3) is 5.92 Å². The average Bonchev–Trinajstić information content (AvgIpc) is 2.98. The molecular weight excluding hydrogens is 274 g/mol. The fraction of sp³-hybridized carbons (Fsp3) is 0.588. The van der Waals surface area contributed by atoms with Crippen LogP contribution in [0.4, 0.5) is 8.78 Å². The first-order valence-electron chi connectivity index (χ1n) is 7.70. The second kappa shape index (κ2) is 9.48. The van der Waals surface area contributed by atoms with Crippen LogP contribution in [0.1, 0.15) is 68.8 Å². The van der Waals surface area contributed by atoms with Crippen molar-refractivity contribution in [3.63, 3.8) is 0 Å². The fourth-order valence-corrected chi connectivity index (χ4v) is 2.10. The number of allylic oxidation sites excluding steroid dienone is 2. The van der Waals surface area contributed by atoms with Crippen LogP contribution in [0.25, 0.3) is 0 Å². The Balaban J connectivity index is 2.22. The molecule has 1 aromatic heterocycles. The lowest BCUT2D eigenvalue weighted by atomic mass is 10.1. The highest BCUT2D eigenvalue weighted by Gasteiger charge is 2.24. The van der Waals surface area contributed by atoms with Crippen LogP contribution in [-0.4, -0.2) is 11.7 Å². The predicted molar refractivity (Wildman–Crippen MR) is 79.7 cm³/mol. The Morgan fingerprint density at radius 1 is 1.19 bits per heavy atom. The molecule has 0 saturated heterocycles. The molecule has 0 amide bonds. The highest BCUT2D eigenvalue weighted by molar-refractivity contribution is 6.02. The first kappa shape index (κ1) is 17.6. The average molecular weight is 298 g/mol. The van der Waals surface area contributed by atoms with E-state index in [1.165, 1.54) is 31.6 Å². The summed E-state index contributed by atoms with van der Waals surface area (Å²) in [7, 11) is 0. The zero-order chi connectivity index (χ0) is 15.6. The molecule has 0 N–H and O–H groups in total. The van der Waals surface area contributed by atoms with E-state index >= 15 is 0 Å². The minimum Gasteiger partial charge on any atom is -0.461 e. The normalized spacial score (nSPS) is 12.1. The maximum atomic E-state index is 13.6. The summed E-state index contributed by atoms with van der Waals surface area (Å²) in [5.74, 6) is -3.37. The molecule has 21 heavy (non-hydrogen) atoms. The SMILES string of the molecule is CCCCCCCCCC(F)(F)/C=C/C(=O)c1ccco1. The number of alkyl halides is 2. The van der Waals surface area contributed by atoms with Crippen molar-refractivity contribution in [2.45, 2.75) is 64.2 Å². The molecule has 4 heteroatoms. The van der Waals surface area contributed by atoms with Crippen LogP contribution in [0, 0.1) is 0 Å². The van der Waals surface area contributed by atoms with Gasteiger partial charge in [-0.15, -0.1) is 0 Å². The number of carbonyl (C=O) groups is 1. The molecule has 0 aromatic carbocycles. The maximum Gasteiger partial charge on any atom is 0.266 e. The number of furan rings is 1. The molecule has 118 valence electrons. The standard InChI is InChI=1S/C17H24F2O2/c1-2-3-4-5-6-7-8-12-17(18,19)13-11-15(20)16-10-9-14-21-16/h9-11,13-14H,2-8,12H2,1H3/b13-11+. The van der Waals surface area contributed by atoms with Gasteiger partial charge in [-0.05, 0) is 30.7 Å². The topological polar surface area (TPSA) is 30.2 Å². The number of hydrogen-bond donors (Lipinski definition) is 0. The van der Waals surface area contributed by atoms with Crippen molar-refractivity contribution in [1.82, 2.24) is 0 Å². The van der Waals surface area contributed by atoms with E-state index in [2.05, 4.69) is 6.92 Å². The molecule has 1 rings (SSSR count). The second-order valence-electron chi connectivity index (χ2n) is 5.31. The van der Waals surface area contributed by atoms with Crippen molar-refractivity contribution in [2.24, 2.45) is 0 Å². The smallest absolute Gasteiger partial charge is 0.266 e. The zero-order valence-electron chi connectivity index (χ0n) is 12.6. The van der Waals surface area contributed by atoms with Crippen LogP contribution in [0.15, 0.2) is 35.0 Å². The third kappa shape index (κ3) is 7.78. The van der Waals surface area contributed by atoms with Gasteiger partial charge in [-0.2, -0.15) is 0 Å². The lowest BCUT2D eigenvalue weighted by Gasteiger charge is -2.11. The minimum absolute atomic E-state index is 0.0815. The van der Waals surface area contributed by atoms with Gasteiger partial charge in [0.05, 0.1) is 6.26 Å². The summed E-state index contributed by atoms with van der Waals surface area (Å²) in [5.41, 5.74) is 0. The van der Waals surface area contributed by atoms with Crippen molar-refractivity contribution in [3.8, 4) is 0 Å². The van der Waals surface area contributed by atoms with Crippen molar-refractivity contribution >= 4 is 5.78 Å². The Kier molecular flexibility index (Phi) is 7.95. The van der Waals surface area contributed by atoms with Gasteiger partial charge in [0, 0.05) is 6.42 Å². The van der Waals surface area contributed by atoms with Crippen LogP contribution >= 0.6 is 0 Å². The molecule has 0 radical (unpaired) electrons. The number of halogens is 2. The Morgan fingerprint density at radius 3 is 2.48 bits per heavy atom. The fourth-order valence-electron chi connectivity index (χ4n) is 2.10. The Bertz CT molecular complexity index is 422. The third-order valence-electron chi connectivity index (χ3n) is 3.36. The molecule has 2 nitrogen and oxygen atoms in total. The molecule has 0 saturated carbocycles. The largest absolute Gasteiger partial charge is 0.461 e. The molecule has 0 aliphatic rings. The van der Waals surface area contributed by atoms with Gasteiger partial charge in [-0.3, -0.25) is 4.79 Å². The molecular formula is C17H24F2O2. The number of rotatable bonds is 11. The van der Waals surface area contributed by atoms with Crippen LogP contribution in [0.3, 0.4) is 0 Å². The van der Waals surface area contributed by atoms with Gasteiger partial charge in [0.1, 0.15) is 0 Å².